The lowest BCUT2D eigenvalue weighted by Gasteiger charge is -2.43. The van der Waals surface area contributed by atoms with E-state index < -0.39 is 75.3 Å². The molecule has 19 heteroatoms. The Labute approximate surface area is 174 Å². The molecule has 2 aromatic carbocycles. The van der Waals surface area contributed by atoms with E-state index in [0.29, 0.717) is 24.3 Å². The van der Waals surface area contributed by atoms with Crippen LogP contribution in [0.2, 0.25) is 0 Å². The van der Waals surface area contributed by atoms with Gasteiger partial charge in [0, 0.05) is 17.1 Å². The van der Waals surface area contributed by atoms with Crippen LogP contribution in [0.1, 0.15) is 0 Å². The van der Waals surface area contributed by atoms with Crippen LogP contribution in [-0.4, -0.2) is 31.2 Å². The zero-order chi connectivity index (χ0) is 23.6. The summed E-state index contributed by atoms with van der Waals surface area (Å²) in [6, 6.07) is 2.06. The average Bonchev–Trinajstić information content (AvgIpc) is 2.66. The van der Waals surface area contributed by atoms with Gasteiger partial charge in [-0.3, -0.25) is 31.2 Å². The third kappa shape index (κ3) is 5.24. The summed E-state index contributed by atoms with van der Waals surface area (Å²) >= 11 is 0.0764. The number of anilines is 6. The Balaban J connectivity index is 2.83. The Morgan fingerprint density at radius 1 is 0.484 bits per heavy atom. The van der Waals surface area contributed by atoms with Crippen LogP contribution in [0.25, 0.3) is 0 Å². The van der Waals surface area contributed by atoms with Crippen LogP contribution in [0.3, 0.4) is 0 Å². The van der Waals surface area contributed by atoms with Gasteiger partial charge in [-0.15, -0.1) is 15.7 Å². The van der Waals surface area contributed by atoms with Crippen LogP contribution in [-0.2, 0) is 0 Å². The maximum absolute atomic E-state index is 11.4. The monoisotopic (exact) mass is 462 g/mol. The van der Waals surface area contributed by atoms with Crippen molar-refractivity contribution in [1.29, 1.82) is 0 Å². The standard InChI is InChI=1S/C12H10N6O12S/c19-13(20)5-1-7(15(23)24)11(8(2-5)16(25)26)31-12-9(17(27)28)3-6(14(21)22)4-10(12)18(29)30/h1-4,23-28H/q-6. The maximum atomic E-state index is 11.4. The Morgan fingerprint density at radius 2 is 0.774 bits per heavy atom. The van der Waals surface area contributed by atoms with Gasteiger partial charge in [0.2, 0.25) is 0 Å². The molecule has 0 unspecified atom stereocenters. The van der Waals surface area contributed by atoms with Gasteiger partial charge in [-0.25, -0.2) is 0 Å². The van der Waals surface area contributed by atoms with Gasteiger partial charge < -0.3 is 46.9 Å². The van der Waals surface area contributed by atoms with E-state index in [1.807, 2.05) is 0 Å². The fourth-order valence-corrected chi connectivity index (χ4v) is 3.45. The highest BCUT2D eigenvalue weighted by Gasteiger charge is 2.23. The molecule has 31 heavy (non-hydrogen) atoms. The van der Waals surface area contributed by atoms with Gasteiger partial charge in [-0.2, -0.15) is 0 Å². The van der Waals surface area contributed by atoms with Gasteiger partial charge in [0.25, 0.3) is 0 Å². The summed E-state index contributed by atoms with van der Waals surface area (Å²) in [5.41, 5.74) is -5.54. The number of benzene rings is 2. The van der Waals surface area contributed by atoms with E-state index in [-0.39, 0.29) is 11.8 Å². The molecular formula is C12H10N6O12S-6. The third-order valence-electron chi connectivity index (χ3n) is 3.54. The van der Waals surface area contributed by atoms with Crippen LogP contribution in [0, 0.1) is 31.2 Å². The first-order valence-corrected chi connectivity index (χ1v) is 8.17. The molecule has 0 bridgehead atoms. The maximum Gasteiger partial charge on any atom is 0.112 e. The van der Waals surface area contributed by atoms with Gasteiger partial charge in [0.05, 0.1) is 9.79 Å². The summed E-state index contributed by atoms with van der Waals surface area (Å²) in [7, 11) is 0. The molecule has 0 aliphatic rings. The lowest BCUT2D eigenvalue weighted by Crippen LogP contribution is -2.19. The molecule has 0 spiro atoms. The second-order valence-electron chi connectivity index (χ2n) is 5.37. The molecule has 0 radical (unpaired) electrons. The number of rotatable bonds is 8. The fraction of sp³-hybridized carbons (Fsp3) is 0. The van der Waals surface area contributed by atoms with Crippen LogP contribution in [0.5, 0.6) is 0 Å². The smallest absolute Gasteiger partial charge is 0.112 e. The molecule has 0 aliphatic heterocycles. The topological polar surface area (TPSA) is 279 Å². The second-order valence-corrected chi connectivity index (χ2v) is 6.39. The number of hydrogen-bond acceptors (Lipinski definition) is 19. The Kier molecular flexibility index (Phi) is 7.47. The minimum atomic E-state index is -1.14. The zero-order valence-corrected chi connectivity index (χ0v) is 15.4. The SMILES string of the molecule is [O-]N([O-])c1cc(N([O-])[O-])c(Sc2c(N(O)O)cc(N([O-])[O-])cc2N(O)O)c(N(O)O)c1. The number of hydrogen-bond donors (Lipinski definition) is 6. The first-order chi connectivity index (χ1) is 14.3. The largest absolute Gasteiger partial charge is 0.769 e. The van der Waals surface area contributed by atoms with Crippen molar-refractivity contribution in [3.8, 4) is 0 Å². The van der Waals surface area contributed by atoms with Gasteiger partial charge in [-0.05, 0) is 24.3 Å². The lowest BCUT2D eigenvalue weighted by molar-refractivity contribution is 0.0232. The van der Waals surface area contributed by atoms with E-state index in [4.69, 9.17) is 0 Å². The molecule has 2 aromatic rings. The second kappa shape index (κ2) is 9.50. The Morgan fingerprint density at radius 3 is 1.03 bits per heavy atom. The Bertz CT molecular complexity index is 795. The minimum absolute atomic E-state index is 0.0764. The molecule has 0 amide bonds. The van der Waals surface area contributed by atoms with Gasteiger partial charge >= 0.3 is 0 Å². The Hall–Kier alpha value is -2.89. The molecule has 18 nitrogen and oxygen atoms in total. The van der Waals surface area contributed by atoms with Crippen LogP contribution >= 0.6 is 11.8 Å². The van der Waals surface area contributed by atoms with E-state index >= 15 is 0 Å². The average molecular weight is 462 g/mol. The van der Waals surface area contributed by atoms with E-state index in [9.17, 15) is 62.5 Å². The fourth-order valence-electron chi connectivity index (χ4n) is 2.27. The van der Waals surface area contributed by atoms with Crippen molar-refractivity contribution in [2.75, 3.05) is 31.4 Å². The summed E-state index contributed by atoms with van der Waals surface area (Å²) in [5, 5.41) is 118. The van der Waals surface area contributed by atoms with Crippen LogP contribution < -0.4 is 31.4 Å². The first kappa shape index (κ1) is 24.4. The van der Waals surface area contributed by atoms with Crippen molar-refractivity contribution < 1.29 is 31.2 Å². The molecule has 172 valence electrons. The van der Waals surface area contributed by atoms with Crippen LogP contribution in [0.4, 0.5) is 34.1 Å². The quantitative estimate of drug-likeness (QED) is 0.306. The summed E-state index contributed by atoms with van der Waals surface area (Å²) in [6.07, 6.45) is 0. The van der Waals surface area contributed by atoms with Gasteiger partial charge in [0.15, 0.2) is 0 Å². The molecule has 0 atom stereocenters. The summed E-state index contributed by atoms with van der Waals surface area (Å²) in [6.45, 7) is 0. The summed E-state index contributed by atoms with van der Waals surface area (Å²) in [5.74, 6) is 0. The van der Waals surface area contributed by atoms with E-state index in [1.165, 1.54) is 0 Å². The number of nitrogens with zero attached hydrogens (tertiary/aromatic N) is 6. The van der Waals surface area contributed by atoms with Crippen LogP contribution in [0.15, 0.2) is 34.1 Å². The van der Waals surface area contributed by atoms with Crippen molar-refractivity contribution in [2.24, 2.45) is 0 Å². The highest BCUT2D eigenvalue weighted by Crippen LogP contribution is 2.50. The predicted molar refractivity (Wildman–Crippen MR) is 103 cm³/mol. The molecule has 0 saturated carbocycles. The molecule has 2 rings (SSSR count). The highest BCUT2D eigenvalue weighted by atomic mass is 32.2. The molecule has 0 aliphatic carbocycles. The lowest BCUT2D eigenvalue weighted by atomic mass is 10.2. The summed E-state index contributed by atoms with van der Waals surface area (Å²) < 4.78 is 0. The zero-order valence-electron chi connectivity index (χ0n) is 14.5. The minimum Gasteiger partial charge on any atom is -0.769 e. The van der Waals surface area contributed by atoms with E-state index in [1.54, 1.807) is 0 Å². The van der Waals surface area contributed by atoms with E-state index in [2.05, 4.69) is 0 Å². The molecule has 6 N–H and O–H groups in total. The first-order valence-electron chi connectivity index (χ1n) is 7.35. The van der Waals surface area contributed by atoms with Crippen molar-refractivity contribution >= 4 is 45.9 Å². The highest BCUT2D eigenvalue weighted by molar-refractivity contribution is 8.00. The predicted octanol–water partition coefficient (Wildman–Crippen LogP) is 2.00. The van der Waals surface area contributed by atoms with Crippen molar-refractivity contribution in [3.05, 3.63) is 55.5 Å². The van der Waals surface area contributed by atoms with Crippen molar-refractivity contribution in [3.63, 3.8) is 0 Å². The van der Waals surface area contributed by atoms with Gasteiger partial charge in [0.1, 0.15) is 17.1 Å². The normalized spacial score (nSPS) is 10.7. The van der Waals surface area contributed by atoms with Gasteiger partial charge in [-0.1, -0.05) is 11.8 Å². The third-order valence-corrected chi connectivity index (χ3v) is 4.78. The molecule has 0 fully saturated rings. The van der Waals surface area contributed by atoms with Crippen molar-refractivity contribution in [2.45, 2.75) is 9.79 Å². The molecule has 0 aromatic heterocycles. The molecule has 0 saturated heterocycles. The van der Waals surface area contributed by atoms with E-state index in [0.717, 1.165) is 0 Å². The van der Waals surface area contributed by atoms with Crippen molar-refractivity contribution in [1.82, 2.24) is 0 Å². The molecule has 0 heterocycles. The molecular weight excluding hydrogens is 452 g/mol. The summed E-state index contributed by atoms with van der Waals surface area (Å²) in [4.78, 5) is -1.43.